The molecule has 1 saturated carbocycles. The van der Waals surface area contributed by atoms with Gasteiger partial charge in [0.15, 0.2) is 0 Å². The lowest BCUT2D eigenvalue weighted by Gasteiger charge is -2.28. The van der Waals surface area contributed by atoms with Crippen molar-refractivity contribution in [1.29, 1.82) is 0 Å². The van der Waals surface area contributed by atoms with E-state index in [0.29, 0.717) is 13.0 Å². The lowest BCUT2D eigenvalue weighted by atomic mass is 9.92. The fourth-order valence-electron chi connectivity index (χ4n) is 1.70. The van der Waals surface area contributed by atoms with Crippen molar-refractivity contribution in [3.63, 3.8) is 0 Å². The highest BCUT2D eigenvalue weighted by molar-refractivity contribution is 4.79. The van der Waals surface area contributed by atoms with Gasteiger partial charge < -0.3 is 10.4 Å². The van der Waals surface area contributed by atoms with Crippen LogP contribution >= 0.6 is 0 Å². The third kappa shape index (κ3) is 3.07. The van der Waals surface area contributed by atoms with Crippen LogP contribution in [0.1, 0.15) is 32.1 Å². The molecule has 2 nitrogen and oxygen atoms in total. The van der Waals surface area contributed by atoms with Crippen molar-refractivity contribution in [3.8, 4) is 0 Å². The van der Waals surface area contributed by atoms with Crippen molar-refractivity contribution in [2.75, 3.05) is 13.2 Å². The molecule has 1 aliphatic rings. The maximum atomic E-state index is 11.7. The minimum atomic E-state index is -0.268. The molecule has 0 radical (unpaired) electrons. The number of rotatable bonds is 4. The predicted octanol–water partition coefficient (Wildman–Crippen LogP) is 1.24. The first-order valence-corrected chi connectivity index (χ1v) is 4.82. The number of hydrogen-bond donors (Lipinski definition) is 2. The summed E-state index contributed by atoms with van der Waals surface area (Å²) in [5.41, 5.74) is 0. The Morgan fingerprint density at radius 2 is 2.08 bits per heavy atom. The first-order valence-electron chi connectivity index (χ1n) is 4.82. The first-order chi connectivity index (χ1) is 5.84. The van der Waals surface area contributed by atoms with Gasteiger partial charge in [-0.15, -0.1) is 0 Å². The summed E-state index contributed by atoms with van der Waals surface area (Å²) in [6, 6.07) is 0.213. The molecule has 0 aromatic rings. The van der Waals surface area contributed by atoms with Crippen LogP contribution in [0.5, 0.6) is 0 Å². The second kappa shape index (κ2) is 5.49. The summed E-state index contributed by atoms with van der Waals surface area (Å²) >= 11 is 0. The van der Waals surface area contributed by atoms with Crippen LogP contribution in [0.2, 0.25) is 0 Å². The molecule has 0 aromatic heterocycles. The summed E-state index contributed by atoms with van der Waals surface area (Å²) in [5.74, 6) is 0. The Kier molecular flexibility index (Phi) is 4.54. The molecule has 1 aliphatic carbocycles. The highest BCUT2D eigenvalue weighted by Crippen LogP contribution is 2.17. The summed E-state index contributed by atoms with van der Waals surface area (Å²) in [7, 11) is 0. The van der Waals surface area contributed by atoms with Gasteiger partial charge in [0, 0.05) is 6.04 Å². The molecule has 1 rings (SSSR count). The van der Waals surface area contributed by atoms with Crippen molar-refractivity contribution in [2.45, 2.75) is 44.2 Å². The van der Waals surface area contributed by atoms with E-state index in [1.807, 2.05) is 0 Å². The van der Waals surface area contributed by atoms with Crippen molar-refractivity contribution < 1.29 is 9.50 Å². The van der Waals surface area contributed by atoms with E-state index in [0.717, 1.165) is 19.3 Å². The predicted molar refractivity (Wildman–Crippen MR) is 46.9 cm³/mol. The number of halogens is 1. The molecule has 2 N–H and O–H groups in total. The second-order valence-electron chi connectivity index (χ2n) is 3.45. The Morgan fingerprint density at radius 3 is 2.75 bits per heavy atom. The Balaban J connectivity index is 2.11. The minimum Gasteiger partial charge on any atom is -0.392 e. The molecule has 3 heteroatoms. The zero-order chi connectivity index (χ0) is 8.81. The largest absolute Gasteiger partial charge is 0.392 e. The van der Waals surface area contributed by atoms with E-state index in [1.54, 1.807) is 0 Å². The van der Waals surface area contributed by atoms with E-state index in [-0.39, 0.29) is 18.8 Å². The van der Waals surface area contributed by atoms with Crippen LogP contribution in [-0.4, -0.2) is 30.5 Å². The van der Waals surface area contributed by atoms with Crippen LogP contribution in [0, 0.1) is 0 Å². The van der Waals surface area contributed by atoms with E-state index in [2.05, 4.69) is 5.32 Å². The van der Waals surface area contributed by atoms with Crippen LogP contribution in [0.3, 0.4) is 0 Å². The van der Waals surface area contributed by atoms with Gasteiger partial charge in [-0.25, -0.2) is 0 Å². The van der Waals surface area contributed by atoms with E-state index in [4.69, 9.17) is 0 Å². The molecule has 72 valence electrons. The first kappa shape index (κ1) is 9.93. The van der Waals surface area contributed by atoms with Crippen LogP contribution in [0.4, 0.5) is 4.39 Å². The third-order valence-electron chi connectivity index (χ3n) is 2.45. The van der Waals surface area contributed by atoms with Gasteiger partial charge >= 0.3 is 0 Å². The quantitative estimate of drug-likeness (QED) is 0.630. The molecule has 2 unspecified atom stereocenters. The maximum absolute atomic E-state index is 11.7. The zero-order valence-corrected chi connectivity index (χ0v) is 7.43. The Hall–Kier alpha value is -0.150. The molecular formula is C9H18FNO. The number of aliphatic hydroxyl groups is 1. The summed E-state index contributed by atoms with van der Waals surface area (Å²) in [5, 5.41) is 12.7. The van der Waals surface area contributed by atoms with Crippen molar-refractivity contribution in [3.05, 3.63) is 0 Å². The molecule has 0 spiro atoms. The van der Waals surface area contributed by atoms with Gasteiger partial charge in [-0.05, 0) is 25.8 Å². The molecule has 0 bridgehead atoms. The molecule has 0 heterocycles. The monoisotopic (exact) mass is 175 g/mol. The summed E-state index contributed by atoms with van der Waals surface area (Å²) in [6.07, 6.45) is 4.59. The average molecular weight is 175 g/mol. The fraction of sp³-hybridized carbons (Fsp3) is 1.00. The maximum Gasteiger partial charge on any atom is 0.0906 e. The molecule has 0 aromatic carbocycles. The molecule has 1 fully saturated rings. The Labute approximate surface area is 73.2 Å². The highest BCUT2D eigenvalue weighted by Gasteiger charge is 2.21. The summed E-state index contributed by atoms with van der Waals surface area (Å²) in [4.78, 5) is 0. The van der Waals surface area contributed by atoms with Crippen LogP contribution in [-0.2, 0) is 0 Å². The van der Waals surface area contributed by atoms with E-state index in [1.165, 1.54) is 6.42 Å². The fourth-order valence-corrected chi connectivity index (χ4v) is 1.70. The molecule has 2 atom stereocenters. The smallest absolute Gasteiger partial charge is 0.0906 e. The van der Waals surface area contributed by atoms with Gasteiger partial charge in [0.1, 0.15) is 0 Å². The van der Waals surface area contributed by atoms with Gasteiger partial charge in [-0.3, -0.25) is 4.39 Å². The van der Waals surface area contributed by atoms with Crippen LogP contribution in [0.25, 0.3) is 0 Å². The average Bonchev–Trinajstić information content (AvgIpc) is 2.09. The third-order valence-corrected chi connectivity index (χ3v) is 2.45. The molecule has 0 saturated heterocycles. The lowest BCUT2D eigenvalue weighted by molar-refractivity contribution is 0.0907. The van der Waals surface area contributed by atoms with E-state index < -0.39 is 0 Å². The lowest BCUT2D eigenvalue weighted by Crippen LogP contribution is -2.42. The van der Waals surface area contributed by atoms with Gasteiger partial charge in [-0.2, -0.15) is 0 Å². The molecular weight excluding hydrogens is 157 g/mol. The normalized spacial score (nSPS) is 30.5. The standard InChI is InChI=1S/C9H18FNO/c10-6-3-7-11-8-4-1-2-5-9(8)12/h8-9,11-12H,1-7H2. The van der Waals surface area contributed by atoms with Gasteiger partial charge in [0.25, 0.3) is 0 Å². The second-order valence-corrected chi connectivity index (χ2v) is 3.45. The van der Waals surface area contributed by atoms with Gasteiger partial charge in [-0.1, -0.05) is 12.8 Å². The molecule has 0 aliphatic heterocycles. The summed E-state index contributed by atoms with van der Waals surface area (Å²) in [6.45, 7) is 0.425. The zero-order valence-electron chi connectivity index (χ0n) is 7.43. The molecule has 12 heavy (non-hydrogen) atoms. The number of nitrogens with one attached hydrogen (secondary N) is 1. The minimum absolute atomic E-state index is 0.210. The SMILES string of the molecule is OC1CCCCC1NCCCF. The topological polar surface area (TPSA) is 32.3 Å². The van der Waals surface area contributed by atoms with Gasteiger partial charge in [0.05, 0.1) is 12.8 Å². The van der Waals surface area contributed by atoms with Crippen LogP contribution in [0.15, 0.2) is 0 Å². The van der Waals surface area contributed by atoms with E-state index >= 15 is 0 Å². The van der Waals surface area contributed by atoms with Crippen LogP contribution < -0.4 is 5.32 Å². The number of hydrogen-bond acceptors (Lipinski definition) is 2. The number of alkyl halides is 1. The van der Waals surface area contributed by atoms with E-state index in [9.17, 15) is 9.50 Å². The Bertz CT molecular complexity index is 121. The van der Waals surface area contributed by atoms with Gasteiger partial charge in [0.2, 0.25) is 0 Å². The van der Waals surface area contributed by atoms with Crippen molar-refractivity contribution >= 4 is 0 Å². The Morgan fingerprint density at radius 1 is 1.33 bits per heavy atom. The van der Waals surface area contributed by atoms with Crippen molar-refractivity contribution in [2.24, 2.45) is 0 Å². The number of aliphatic hydroxyl groups excluding tert-OH is 1. The summed E-state index contributed by atoms with van der Waals surface area (Å²) < 4.78 is 11.7. The molecule has 0 amide bonds. The highest BCUT2D eigenvalue weighted by atomic mass is 19.1. The van der Waals surface area contributed by atoms with Crippen molar-refractivity contribution in [1.82, 2.24) is 5.32 Å².